The van der Waals surface area contributed by atoms with Gasteiger partial charge in [0.15, 0.2) is 0 Å². The van der Waals surface area contributed by atoms with Gasteiger partial charge < -0.3 is 10.1 Å². The van der Waals surface area contributed by atoms with Crippen LogP contribution in [0.15, 0.2) is 72.9 Å². The molecule has 4 heteroatoms. The van der Waals surface area contributed by atoms with Crippen molar-refractivity contribution in [2.75, 3.05) is 25.1 Å². The SMILES string of the molecule is Cc1ccccc1/C(=C\C=O)Cc1ccc(-c2ccc(NCCC3CCOCC3)nc2)cc1. The Morgan fingerprint density at radius 3 is 2.48 bits per heavy atom. The van der Waals surface area contributed by atoms with Crippen LogP contribution in [0.4, 0.5) is 5.82 Å². The van der Waals surface area contributed by atoms with Crippen molar-refractivity contribution in [2.45, 2.75) is 32.6 Å². The molecule has 0 amide bonds. The summed E-state index contributed by atoms with van der Waals surface area (Å²) in [4.78, 5) is 15.8. The van der Waals surface area contributed by atoms with E-state index < -0.39 is 0 Å². The van der Waals surface area contributed by atoms with Crippen LogP contribution in [-0.4, -0.2) is 31.0 Å². The number of aldehydes is 1. The smallest absolute Gasteiger partial charge is 0.143 e. The number of ether oxygens (including phenoxy) is 1. The molecular formula is C29H32N2O2. The average Bonchev–Trinajstić information content (AvgIpc) is 2.86. The number of carbonyl (C=O) groups excluding carboxylic acids is 1. The molecule has 4 rings (SSSR count). The summed E-state index contributed by atoms with van der Waals surface area (Å²) in [6.45, 7) is 4.82. The lowest BCUT2D eigenvalue weighted by Crippen LogP contribution is -2.18. The molecule has 4 nitrogen and oxygen atoms in total. The van der Waals surface area contributed by atoms with Gasteiger partial charge in [-0.15, -0.1) is 0 Å². The van der Waals surface area contributed by atoms with Gasteiger partial charge in [-0.3, -0.25) is 4.79 Å². The van der Waals surface area contributed by atoms with Crippen LogP contribution in [0.5, 0.6) is 0 Å². The van der Waals surface area contributed by atoms with E-state index in [1.165, 1.54) is 24.0 Å². The standard InChI is InChI=1S/C29H32N2O2/c1-22-4-2-3-5-28(22)26(13-17-32)20-24-6-8-25(9-7-24)27-10-11-29(31-21-27)30-16-12-23-14-18-33-19-15-23/h2-11,13,17,21,23H,12,14-16,18-20H2,1H3,(H,30,31)/b26-13-. The van der Waals surface area contributed by atoms with Crippen LogP contribution in [0.2, 0.25) is 0 Å². The number of hydrogen-bond acceptors (Lipinski definition) is 4. The minimum absolute atomic E-state index is 0.720. The van der Waals surface area contributed by atoms with Crippen molar-refractivity contribution in [1.82, 2.24) is 4.98 Å². The molecule has 0 saturated carbocycles. The molecule has 0 bridgehead atoms. The quantitative estimate of drug-likeness (QED) is 0.322. The van der Waals surface area contributed by atoms with Gasteiger partial charge in [-0.25, -0.2) is 4.98 Å². The van der Waals surface area contributed by atoms with Gasteiger partial charge in [0.2, 0.25) is 0 Å². The van der Waals surface area contributed by atoms with Gasteiger partial charge in [-0.1, -0.05) is 48.5 Å². The number of allylic oxidation sites excluding steroid dienone is 2. The Morgan fingerprint density at radius 2 is 1.79 bits per heavy atom. The summed E-state index contributed by atoms with van der Waals surface area (Å²) >= 11 is 0. The Morgan fingerprint density at radius 1 is 1.03 bits per heavy atom. The molecule has 3 aromatic rings. The van der Waals surface area contributed by atoms with E-state index in [1.807, 2.05) is 18.3 Å². The molecule has 170 valence electrons. The summed E-state index contributed by atoms with van der Waals surface area (Å²) in [6.07, 6.45) is 8.70. The number of hydrogen-bond donors (Lipinski definition) is 1. The predicted octanol–water partition coefficient (Wildman–Crippen LogP) is 6.11. The van der Waals surface area contributed by atoms with Gasteiger partial charge in [0.25, 0.3) is 0 Å². The van der Waals surface area contributed by atoms with Crippen LogP contribution >= 0.6 is 0 Å². The van der Waals surface area contributed by atoms with E-state index in [1.54, 1.807) is 6.08 Å². The van der Waals surface area contributed by atoms with Gasteiger partial charge in [-0.2, -0.15) is 0 Å². The number of benzene rings is 2. The number of rotatable bonds is 9. The van der Waals surface area contributed by atoms with E-state index in [0.717, 1.165) is 72.9 Å². The summed E-state index contributed by atoms with van der Waals surface area (Å²) in [5.41, 5.74) is 6.74. The fourth-order valence-corrected chi connectivity index (χ4v) is 4.40. The van der Waals surface area contributed by atoms with Crippen molar-refractivity contribution in [1.29, 1.82) is 0 Å². The second-order valence-electron chi connectivity index (χ2n) is 8.72. The van der Waals surface area contributed by atoms with Crippen molar-refractivity contribution >= 4 is 17.7 Å². The summed E-state index contributed by atoms with van der Waals surface area (Å²) in [7, 11) is 0. The van der Waals surface area contributed by atoms with Crippen LogP contribution in [0, 0.1) is 12.8 Å². The molecule has 33 heavy (non-hydrogen) atoms. The zero-order valence-corrected chi connectivity index (χ0v) is 19.3. The largest absolute Gasteiger partial charge is 0.381 e. The topological polar surface area (TPSA) is 51.2 Å². The van der Waals surface area contributed by atoms with Crippen molar-refractivity contribution in [3.63, 3.8) is 0 Å². The second kappa shape index (κ2) is 11.6. The lowest BCUT2D eigenvalue weighted by Gasteiger charge is -2.21. The average molecular weight is 441 g/mol. The van der Waals surface area contributed by atoms with Crippen LogP contribution < -0.4 is 5.32 Å². The Balaban J connectivity index is 1.36. The third kappa shape index (κ3) is 6.39. The number of nitrogens with one attached hydrogen (secondary N) is 1. The molecule has 2 heterocycles. The Bertz CT molecular complexity index is 1070. The van der Waals surface area contributed by atoms with Gasteiger partial charge in [0.1, 0.15) is 12.1 Å². The molecule has 1 aliphatic rings. The van der Waals surface area contributed by atoms with E-state index in [9.17, 15) is 4.79 Å². The van der Waals surface area contributed by atoms with Gasteiger partial charge >= 0.3 is 0 Å². The highest BCUT2D eigenvalue weighted by molar-refractivity contribution is 5.83. The molecule has 1 N–H and O–H groups in total. The van der Waals surface area contributed by atoms with Crippen LogP contribution in [0.3, 0.4) is 0 Å². The zero-order valence-electron chi connectivity index (χ0n) is 19.3. The van der Waals surface area contributed by atoms with E-state index in [0.29, 0.717) is 0 Å². The Kier molecular flexibility index (Phi) is 8.04. The van der Waals surface area contributed by atoms with Crippen LogP contribution in [-0.2, 0) is 16.0 Å². The number of aromatic nitrogens is 1. The third-order valence-corrected chi connectivity index (χ3v) is 6.41. The molecule has 0 unspecified atom stereocenters. The first-order valence-corrected chi connectivity index (χ1v) is 11.8. The Hall–Kier alpha value is -3.24. The molecule has 1 aliphatic heterocycles. The van der Waals surface area contributed by atoms with E-state index in [4.69, 9.17) is 4.74 Å². The summed E-state index contributed by atoms with van der Waals surface area (Å²) in [6, 6.07) is 20.9. The highest BCUT2D eigenvalue weighted by Crippen LogP contribution is 2.25. The van der Waals surface area contributed by atoms with Crippen LogP contribution in [0.25, 0.3) is 16.7 Å². The van der Waals surface area contributed by atoms with Gasteiger partial charge in [0.05, 0.1) is 0 Å². The monoisotopic (exact) mass is 440 g/mol. The first-order valence-electron chi connectivity index (χ1n) is 11.8. The number of pyridine rings is 1. The maximum atomic E-state index is 11.2. The minimum atomic E-state index is 0.720. The number of carbonyl (C=O) groups is 1. The third-order valence-electron chi connectivity index (χ3n) is 6.41. The van der Waals surface area contributed by atoms with Crippen molar-refractivity contribution in [2.24, 2.45) is 5.92 Å². The zero-order chi connectivity index (χ0) is 22.9. The van der Waals surface area contributed by atoms with E-state index in [-0.39, 0.29) is 0 Å². The first-order chi connectivity index (χ1) is 16.2. The van der Waals surface area contributed by atoms with Gasteiger partial charge in [-0.05, 0) is 84.6 Å². The van der Waals surface area contributed by atoms with Gasteiger partial charge in [0, 0.05) is 31.5 Å². The van der Waals surface area contributed by atoms with Crippen molar-refractivity contribution < 1.29 is 9.53 Å². The molecule has 0 atom stereocenters. The molecular weight excluding hydrogens is 408 g/mol. The van der Waals surface area contributed by atoms with E-state index >= 15 is 0 Å². The van der Waals surface area contributed by atoms with E-state index in [2.05, 4.69) is 65.8 Å². The highest BCUT2D eigenvalue weighted by atomic mass is 16.5. The first kappa shape index (κ1) is 22.9. The number of nitrogens with zero attached hydrogens (tertiary/aromatic N) is 1. The maximum Gasteiger partial charge on any atom is 0.143 e. The van der Waals surface area contributed by atoms with Crippen molar-refractivity contribution in [3.05, 3.63) is 89.6 Å². The lowest BCUT2D eigenvalue weighted by molar-refractivity contribution is -0.104. The summed E-state index contributed by atoms with van der Waals surface area (Å²) in [5, 5.41) is 3.45. The lowest BCUT2D eigenvalue weighted by atomic mass is 9.94. The molecule has 2 aromatic carbocycles. The number of anilines is 1. The minimum Gasteiger partial charge on any atom is -0.381 e. The summed E-state index contributed by atoms with van der Waals surface area (Å²) < 4.78 is 5.43. The van der Waals surface area contributed by atoms with Crippen molar-refractivity contribution in [3.8, 4) is 11.1 Å². The fourth-order valence-electron chi connectivity index (χ4n) is 4.40. The molecule has 0 radical (unpaired) electrons. The molecule has 1 saturated heterocycles. The predicted molar refractivity (Wildman–Crippen MR) is 135 cm³/mol. The number of aryl methyl sites for hydroxylation is 1. The maximum absolute atomic E-state index is 11.2. The highest BCUT2D eigenvalue weighted by Gasteiger charge is 2.13. The fraction of sp³-hybridized carbons (Fsp3) is 0.310. The molecule has 1 aromatic heterocycles. The summed E-state index contributed by atoms with van der Waals surface area (Å²) in [5.74, 6) is 1.68. The molecule has 0 aliphatic carbocycles. The molecule has 0 spiro atoms. The normalized spacial score (nSPS) is 14.8. The van der Waals surface area contributed by atoms with Crippen LogP contribution in [0.1, 0.15) is 36.0 Å². The Labute approximate surface area is 196 Å². The molecule has 1 fully saturated rings. The second-order valence-corrected chi connectivity index (χ2v) is 8.72.